The molecule has 4 nitrogen and oxygen atoms in total. The van der Waals surface area contributed by atoms with Crippen molar-refractivity contribution in [3.05, 3.63) is 21.0 Å². The van der Waals surface area contributed by atoms with Gasteiger partial charge in [-0.3, -0.25) is 4.79 Å². The Labute approximate surface area is 121 Å². The number of aromatic nitrogens is 2. The molecule has 0 spiro atoms. The maximum absolute atomic E-state index is 12.2. The smallest absolute Gasteiger partial charge is 0.283 e. The van der Waals surface area contributed by atoms with Crippen LogP contribution in [0, 0.1) is 11.3 Å². The summed E-state index contributed by atoms with van der Waals surface area (Å²) in [5.41, 5.74) is 1.20. The van der Waals surface area contributed by atoms with Gasteiger partial charge in [0.15, 0.2) is 0 Å². The number of halogens is 1. The van der Waals surface area contributed by atoms with Crippen LogP contribution in [0.5, 0.6) is 0 Å². The molecule has 5 heteroatoms. The van der Waals surface area contributed by atoms with Gasteiger partial charge in [-0.25, -0.2) is 4.68 Å². The predicted octanol–water partition coefficient (Wildman–Crippen LogP) is 3.02. The van der Waals surface area contributed by atoms with Crippen molar-refractivity contribution >= 4 is 21.6 Å². The van der Waals surface area contributed by atoms with E-state index in [0.717, 1.165) is 18.8 Å². The van der Waals surface area contributed by atoms with E-state index in [1.165, 1.54) is 32.1 Å². The summed E-state index contributed by atoms with van der Waals surface area (Å²) in [6.07, 6.45) is 8.08. The molecule has 19 heavy (non-hydrogen) atoms. The van der Waals surface area contributed by atoms with Crippen LogP contribution in [0.1, 0.15) is 39.0 Å². The third-order valence-corrected chi connectivity index (χ3v) is 5.15. The molecule has 3 rings (SSSR count). The van der Waals surface area contributed by atoms with Gasteiger partial charge in [-0.05, 0) is 52.9 Å². The number of nitrogens with one attached hydrogen (secondary N) is 1. The van der Waals surface area contributed by atoms with E-state index in [0.29, 0.717) is 15.8 Å². The highest BCUT2D eigenvalue weighted by Crippen LogP contribution is 2.40. The van der Waals surface area contributed by atoms with E-state index in [9.17, 15) is 4.79 Å². The highest BCUT2D eigenvalue weighted by atomic mass is 79.9. The summed E-state index contributed by atoms with van der Waals surface area (Å²) < 4.78 is 2.20. The zero-order chi connectivity index (χ0) is 13.5. The van der Waals surface area contributed by atoms with Crippen molar-refractivity contribution < 1.29 is 0 Å². The number of hydrogen-bond donors (Lipinski definition) is 1. The van der Waals surface area contributed by atoms with Crippen LogP contribution in [0.3, 0.4) is 0 Å². The molecule has 0 atom stereocenters. The Morgan fingerprint density at radius 2 is 2.26 bits per heavy atom. The van der Waals surface area contributed by atoms with Gasteiger partial charge < -0.3 is 5.32 Å². The van der Waals surface area contributed by atoms with Gasteiger partial charge in [0.1, 0.15) is 4.47 Å². The van der Waals surface area contributed by atoms with Crippen LogP contribution < -0.4 is 10.9 Å². The first-order valence-corrected chi connectivity index (χ1v) is 7.86. The molecule has 1 aromatic rings. The fourth-order valence-electron chi connectivity index (χ4n) is 2.53. The van der Waals surface area contributed by atoms with Gasteiger partial charge in [-0.1, -0.05) is 13.3 Å². The van der Waals surface area contributed by atoms with E-state index in [1.807, 2.05) is 0 Å². The average Bonchev–Trinajstić information content (AvgIpc) is 3.16. The van der Waals surface area contributed by atoms with Crippen molar-refractivity contribution in [3.8, 4) is 0 Å². The van der Waals surface area contributed by atoms with Crippen LogP contribution in [0.15, 0.2) is 15.5 Å². The van der Waals surface area contributed by atoms with Gasteiger partial charge in [-0.15, -0.1) is 0 Å². The Balaban J connectivity index is 1.71. The highest BCUT2D eigenvalue weighted by Gasteiger charge is 2.31. The molecule has 2 saturated carbocycles. The van der Waals surface area contributed by atoms with Crippen LogP contribution >= 0.6 is 15.9 Å². The van der Waals surface area contributed by atoms with E-state index in [4.69, 9.17) is 0 Å². The van der Waals surface area contributed by atoms with E-state index in [-0.39, 0.29) is 5.56 Å². The maximum Gasteiger partial charge on any atom is 0.283 e. The summed E-state index contributed by atoms with van der Waals surface area (Å²) in [7, 11) is 0. The molecule has 2 fully saturated rings. The van der Waals surface area contributed by atoms with E-state index >= 15 is 0 Å². The first-order chi connectivity index (χ1) is 9.07. The molecule has 0 amide bonds. The highest BCUT2D eigenvalue weighted by molar-refractivity contribution is 9.10. The summed E-state index contributed by atoms with van der Waals surface area (Å²) in [6.45, 7) is 3.97. The zero-order valence-corrected chi connectivity index (χ0v) is 12.9. The summed E-state index contributed by atoms with van der Waals surface area (Å²) in [6, 6.07) is 0. The minimum atomic E-state index is -0.0179. The standard InChI is InChI=1S/C14H20BrN3O/c1-14(5-2-6-14)9-16-11-7-17-18(8-10-3-4-10)13(19)12(11)15/h7,10,16H,2-6,8-9H2,1H3. The van der Waals surface area contributed by atoms with Gasteiger partial charge in [0, 0.05) is 13.1 Å². The van der Waals surface area contributed by atoms with Crippen LogP contribution in [0.25, 0.3) is 0 Å². The first kappa shape index (κ1) is 13.2. The molecule has 0 bridgehead atoms. The molecule has 0 aliphatic heterocycles. The number of nitrogens with zero attached hydrogens (tertiary/aromatic N) is 2. The van der Waals surface area contributed by atoms with Crippen molar-refractivity contribution in [1.29, 1.82) is 0 Å². The van der Waals surface area contributed by atoms with E-state index < -0.39 is 0 Å². The SMILES string of the molecule is CC1(CNc2cnn(CC3CC3)c(=O)c2Br)CCC1. The van der Waals surface area contributed by atoms with Crippen molar-refractivity contribution in [1.82, 2.24) is 9.78 Å². The number of rotatable bonds is 5. The second kappa shape index (κ2) is 4.93. The molecule has 1 aromatic heterocycles. The van der Waals surface area contributed by atoms with Crippen molar-refractivity contribution in [2.75, 3.05) is 11.9 Å². The molecule has 0 unspecified atom stereocenters. The van der Waals surface area contributed by atoms with Crippen molar-refractivity contribution in [3.63, 3.8) is 0 Å². The van der Waals surface area contributed by atoms with Crippen LogP contribution in [-0.4, -0.2) is 16.3 Å². The van der Waals surface area contributed by atoms with Crippen molar-refractivity contribution in [2.45, 2.75) is 45.6 Å². The number of hydrogen-bond acceptors (Lipinski definition) is 3. The largest absolute Gasteiger partial charge is 0.382 e. The molecule has 1 heterocycles. The quantitative estimate of drug-likeness (QED) is 0.905. The van der Waals surface area contributed by atoms with Gasteiger partial charge in [0.25, 0.3) is 5.56 Å². The Morgan fingerprint density at radius 3 is 2.84 bits per heavy atom. The third kappa shape index (κ3) is 2.86. The summed E-state index contributed by atoms with van der Waals surface area (Å²) in [5.74, 6) is 0.657. The second-order valence-electron chi connectivity index (χ2n) is 6.32. The summed E-state index contributed by atoms with van der Waals surface area (Å²) in [5, 5.41) is 7.65. The van der Waals surface area contributed by atoms with Gasteiger partial charge in [-0.2, -0.15) is 5.10 Å². The normalized spacial score (nSPS) is 20.9. The predicted molar refractivity (Wildman–Crippen MR) is 79.4 cm³/mol. The Kier molecular flexibility index (Phi) is 3.41. The minimum Gasteiger partial charge on any atom is -0.382 e. The lowest BCUT2D eigenvalue weighted by molar-refractivity contribution is 0.180. The fourth-order valence-corrected chi connectivity index (χ4v) is 2.98. The zero-order valence-electron chi connectivity index (χ0n) is 11.3. The molecule has 0 saturated heterocycles. The Morgan fingerprint density at radius 1 is 1.53 bits per heavy atom. The lowest BCUT2D eigenvalue weighted by atomic mass is 9.70. The fraction of sp³-hybridized carbons (Fsp3) is 0.714. The molecular formula is C14H20BrN3O. The van der Waals surface area contributed by atoms with Crippen molar-refractivity contribution in [2.24, 2.45) is 11.3 Å². The van der Waals surface area contributed by atoms with Gasteiger partial charge in [0.2, 0.25) is 0 Å². The van der Waals surface area contributed by atoms with Gasteiger partial charge in [0.05, 0.1) is 11.9 Å². The monoisotopic (exact) mass is 325 g/mol. The topological polar surface area (TPSA) is 46.9 Å². The molecule has 104 valence electrons. The number of anilines is 1. The van der Waals surface area contributed by atoms with Gasteiger partial charge >= 0.3 is 0 Å². The lowest BCUT2D eigenvalue weighted by Gasteiger charge is -2.38. The first-order valence-electron chi connectivity index (χ1n) is 7.07. The lowest BCUT2D eigenvalue weighted by Crippen LogP contribution is -2.34. The molecule has 1 N–H and O–H groups in total. The van der Waals surface area contributed by atoms with Crippen LogP contribution in [-0.2, 0) is 6.54 Å². The Hall–Kier alpha value is -0.840. The minimum absolute atomic E-state index is 0.0179. The molecule has 0 aromatic carbocycles. The maximum atomic E-state index is 12.2. The summed E-state index contributed by atoms with van der Waals surface area (Å²) >= 11 is 3.41. The second-order valence-corrected chi connectivity index (χ2v) is 7.11. The van der Waals surface area contributed by atoms with E-state index in [1.54, 1.807) is 10.9 Å². The molecule has 2 aliphatic carbocycles. The van der Waals surface area contributed by atoms with E-state index in [2.05, 4.69) is 33.3 Å². The average molecular weight is 326 g/mol. The Bertz CT molecular complexity index is 532. The molecule has 0 radical (unpaired) electrons. The van der Waals surface area contributed by atoms with Crippen LogP contribution in [0.4, 0.5) is 5.69 Å². The van der Waals surface area contributed by atoms with Crippen LogP contribution in [0.2, 0.25) is 0 Å². The molecule has 2 aliphatic rings. The molecular weight excluding hydrogens is 306 g/mol. The summed E-state index contributed by atoms with van der Waals surface area (Å²) in [4.78, 5) is 12.2. The third-order valence-electron chi connectivity index (χ3n) is 4.38.